The summed E-state index contributed by atoms with van der Waals surface area (Å²) >= 11 is 0. The van der Waals surface area contributed by atoms with Crippen LogP contribution in [0.4, 0.5) is 5.69 Å². The van der Waals surface area contributed by atoms with Crippen LogP contribution in [-0.2, 0) is 6.54 Å². The van der Waals surface area contributed by atoms with Gasteiger partial charge in [-0.15, -0.1) is 0 Å². The van der Waals surface area contributed by atoms with Crippen LogP contribution in [0.1, 0.15) is 18.4 Å². The Hall–Kier alpha value is -1.06. The van der Waals surface area contributed by atoms with Gasteiger partial charge in [-0.05, 0) is 44.1 Å². The highest BCUT2D eigenvalue weighted by atomic mass is 15.1. The maximum atomic E-state index is 5.75. The molecule has 0 bridgehead atoms. The summed E-state index contributed by atoms with van der Waals surface area (Å²) in [5, 5.41) is 3.60. The standard InChI is InChI=1S/C13H21N3/c1-16-7-3-6-13(10-16)15-9-11-4-2-5-12(14)8-11/h2,4-5,8,13,15H,3,6-7,9-10,14H2,1H3. The van der Waals surface area contributed by atoms with Crippen molar-refractivity contribution in [1.82, 2.24) is 10.2 Å². The van der Waals surface area contributed by atoms with Crippen molar-refractivity contribution in [3.63, 3.8) is 0 Å². The largest absolute Gasteiger partial charge is 0.399 e. The van der Waals surface area contributed by atoms with Crippen molar-refractivity contribution in [2.24, 2.45) is 0 Å². The molecular formula is C13H21N3. The number of benzene rings is 1. The van der Waals surface area contributed by atoms with E-state index >= 15 is 0 Å². The minimum Gasteiger partial charge on any atom is -0.399 e. The minimum atomic E-state index is 0.625. The lowest BCUT2D eigenvalue weighted by Gasteiger charge is -2.30. The van der Waals surface area contributed by atoms with Crippen molar-refractivity contribution in [2.45, 2.75) is 25.4 Å². The number of anilines is 1. The summed E-state index contributed by atoms with van der Waals surface area (Å²) in [6.45, 7) is 3.31. The SMILES string of the molecule is CN1CCCC(NCc2cccc(N)c2)C1. The van der Waals surface area contributed by atoms with Crippen LogP contribution in [-0.4, -0.2) is 31.1 Å². The van der Waals surface area contributed by atoms with Crippen molar-refractivity contribution in [3.05, 3.63) is 29.8 Å². The highest BCUT2D eigenvalue weighted by molar-refractivity contribution is 5.40. The summed E-state index contributed by atoms with van der Waals surface area (Å²) in [6, 6.07) is 8.73. The fraction of sp³-hybridized carbons (Fsp3) is 0.538. The number of rotatable bonds is 3. The topological polar surface area (TPSA) is 41.3 Å². The molecule has 0 amide bonds. The molecule has 0 aromatic heterocycles. The first-order chi connectivity index (χ1) is 7.74. The van der Waals surface area contributed by atoms with E-state index in [0.29, 0.717) is 6.04 Å². The molecule has 0 radical (unpaired) electrons. The second-order valence-electron chi connectivity index (χ2n) is 4.73. The minimum absolute atomic E-state index is 0.625. The van der Waals surface area contributed by atoms with Gasteiger partial charge >= 0.3 is 0 Å². The van der Waals surface area contributed by atoms with E-state index in [1.165, 1.54) is 24.9 Å². The number of piperidine rings is 1. The predicted octanol–water partition coefficient (Wildman–Crippen LogP) is 1.45. The number of nitrogen functional groups attached to an aromatic ring is 1. The molecule has 3 nitrogen and oxygen atoms in total. The number of nitrogens with zero attached hydrogens (tertiary/aromatic N) is 1. The zero-order valence-corrected chi connectivity index (χ0v) is 9.95. The number of likely N-dealkylation sites (tertiary alicyclic amines) is 1. The average Bonchev–Trinajstić information content (AvgIpc) is 2.27. The van der Waals surface area contributed by atoms with Gasteiger partial charge in [0.25, 0.3) is 0 Å². The lowest BCUT2D eigenvalue weighted by Crippen LogP contribution is -2.43. The molecule has 1 unspecified atom stereocenters. The van der Waals surface area contributed by atoms with Crippen molar-refractivity contribution >= 4 is 5.69 Å². The summed E-state index contributed by atoms with van der Waals surface area (Å²) in [6.07, 6.45) is 2.58. The van der Waals surface area contributed by atoms with Gasteiger partial charge in [0.1, 0.15) is 0 Å². The van der Waals surface area contributed by atoms with E-state index < -0.39 is 0 Å². The third-order valence-corrected chi connectivity index (χ3v) is 3.17. The first kappa shape index (κ1) is 11.4. The molecule has 1 atom stereocenters. The van der Waals surface area contributed by atoms with Crippen LogP contribution in [0.25, 0.3) is 0 Å². The Bertz CT molecular complexity index is 338. The van der Waals surface area contributed by atoms with Gasteiger partial charge < -0.3 is 16.0 Å². The number of nitrogens with one attached hydrogen (secondary N) is 1. The lowest BCUT2D eigenvalue weighted by atomic mass is 10.1. The number of likely N-dealkylation sites (N-methyl/N-ethyl adjacent to an activating group) is 1. The molecule has 3 N–H and O–H groups in total. The maximum Gasteiger partial charge on any atom is 0.0317 e. The van der Waals surface area contributed by atoms with Gasteiger partial charge in [-0.25, -0.2) is 0 Å². The normalized spacial score (nSPS) is 22.2. The monoisotopic (exact) mass is 219 g/mol. The smallest absolute Gasteiger partial charge is 0.0317 e. The van der Waals surface area contributed by atoms with Crippen molar-refractivity contribution in [1.29, 1.82) is 0 Å². The summed E-state index contributed by atoms with van der Waals surface area (Å²) in [7, 11) is 2.19. The van der Waals surface area contributed by atoms with Crippen LogP contribution in [0.2, 0.25) is 0 Å². The van der Waals surface area contributed by atoms with E-state index in [-0.39, 0.29) is 0 Å². The fourth-order valence-corrected chi connectivity index (χ4v) is 2.30. The van der Waals surface area contributed by atoms with E-state index in [9.17, 15) is 0 Å². The fourth-order valence-electron chi connectivity index (χ4n) is 2.30. The Morgan fingerprint density at radius 2 is 2.38 bits per heavy atom. The Balaban J connectivity index is 1.82. The zero-order chi connectivity index (χ0) is 11.4. The van der Waals surface area contributed by atoms with E-state index in [4.69, 9.17) is 5.73 Å². The highest BCUT2D eigenvalue weighted by Crippen LogP contribution is 2.10. The quantitative estimate of drug-likeness (QED) is 0.756. The van der Waals surface area contributed by atoms with Crippen LogP contribution in [0.15, 0.2) is 24.3 Å². The molecule has 1 heterocycles. The van der Waals surface area contributed by atoms with E-state index in [1.54, 1.807) is 0 Å². The Labute approximate surface area is 97.6 Å². The number of hydrogen-bond acceptors (Lipinski definition) is 3. The summed E-state index contributed by atoms with van der Waals surface area (Å²) in [5.41, 5.74) is 7.87. The summed E-state index contributed by atoms with van der Waals surface area (Å²) in [5.74, 6) is 0. The van der Waals surface area contributed by atoms with Crippen molar-refractivity contribution in [2.75, 3.05) is 25.9 Å². The van der Waals surface area contributed by atoms with Crippen LogP contribution >= 0.6 is 0 Å². The molecule has 0 aliphatic carbocycles. The molecule has 1 aliphatic rings. The Morgan fingerprint density at radius 3 is 3.12 bits per heavy atom. The molecule has 0 spiro atoms. The summed E-state index contributed by atoms with van der Waals surface area (Å²) < 4.78 is 0. The summed E-state index contributed by atoms with van der Waals surface area (Å²) in [4.78, 5) is 2.39. The molecule has 3 heteroatoms. The average molecular weight is 219 g/mol. The zero-order valence-electron chi connectivity index (χ0n) is 9.95. The van der Waals surface area contributed by atoms with Gasteiger partial charge in [0.15, 0.2) is 0 Å². The molecule has 1 fully saturated rings. The van der Waals surface area contributed by atoms with Crippen molar-refractivity contribution < 1.29 is 0 Å². The molecule has 16 heavy (non-hydrogen) atoms. The van der Waals surface area contributed by atoms with Gasteiger partial charge in [-0.1, -0.05) is 12.1 Å². The predicted molar refractivity (Wildman–Crippen MR) is 68.2 cm³/mol. The second kappa shape index (κ2) is 5.32. The maximum absolute atomic E-state index is 5.75. The van der Waals surface area contributed by atoms with Gasteiger partial charge in [0.2, 0.25) is 0 Å². The van der Waals surface area contributed by atoms with Crippen LogP contribution in [0.3, 0.4) is 0 Å². The first-order valence-electron chi connectivity index (χ1n) is 6.00. The Kier molecular flexibility index (Phi) is 3.80. The van der Waals surface area contributed by atoms with Crippen LogP contribution in [0.5, 0.6) is 0 Å². The highest BCUT2D eigenvalue weighted by Gasteiger charge is 2.15. The molecule has 1 aliphatic heterocycles. The third kappa shape index (κ3) is 3.22. The van der Waals surface area contributed by atoms with Crippen LogP contribution in [0, 0.1) is 0 Å². The molecule has 1 aromatic rings. The first-order valence-corrected chi connectivity index (χ1v) is 6.00. The van der Waals surface area contributed by atoms with Crippen molar-refractivity contribution in [3.8, 4) is 0 Å². The van der Waals surface area contributed by atoms with Crippen LogP contribution < -0.4 is 11.1 Å². The molecule has 0 saturated carbocycles. The molecule has 1 aromatic carbocycles. The molecule has 88 valence electrons. The molecule has 1 saturated heterocycles. The van der Waals surface area contributed by atoms with Gasteiger partial charge in [0, 0.05) is 24.8 Å². The van der Waals surface area contributed by atoms with Gasteiger partial charge in [0.05, 0.1) is 0 Å². The second-order valence-corrected chi connectivity index (χ2v) is 4.73. The molecular weight excluding hydrogens is 198 g/mol. The number of hydrogen-bond donors (Lipinski definition) is 2. The van der Waals surface area contributed by atoms with Gasteiger partial charge in [-0.2, -0.15) is 0 Å². The van der Waals surface area contributed by atoms with E-state index in [1.807, 2.05) is 18.2 Å². The van der Waals surface area contributed by atoms with E-state index in [0.717, 1.165) is 18.8 Å². The molecule has 2 rings (SSSR count). The van der Waals surface area contributed by atoms with E-state index in [2.05, 4.69) is 23.3 Å². The number of nitrogens with two attached hydrogens (primary N) is 1. The Morgan fingerprint density at radius 1 is 1.50 bits per heavy atom. The van der Waals surface area contributed by atoms with Gasteiger partial charge in [-0.3, -0.25) is 0 Å². The lowest BCUT2D eigenvalue weighted by molar-refractivity contribution is 0.226. The third-order valence-electron chi connectivity index (χ3n) is 3.17.